The lowest BCUT2D eigenvalue weighted by Crippen LogP contribution is -2.41. The standard InChI is InChI=1S/C15H21N3O3/c1-11(20)17-8-14-7-13(4-5-16-14)15(21)18-6-2-3-12(9-18)10-19/h4-5,7,12,19H,2-3,6,8-10H2,1H3,(H,17,20). The molecule has 2 rings (SSSR count). The van der Waals surface area contributed by atoms with Crippen LogP contribution in [0.2, 0.25) is 0 Å². The molecule has 0 spiro atoms. The molecule has 1 aliphatic rings. The molecule has 2 amide bonds. The number of carbonyl (C=O) groups excluding carboxylic acids is 2. The highest BCUT2D eigenvalue weighted by Crippen LogP contribution is 2.18. The average molecular weight is 291 g/mol. The maximum Gasteiger partial charge on any atom is 0.253 e. The van der Waals surface area contributed by atoms with E-state index >= 15 is 0 Å². The number of hydrogen-bond acceptors (Lipinski definition) is 4. The molecule has 1 fully saturated rings. The number of amides is 2. The third-order valence-corrected chi connectivity index (χ3v) is 3.65. The van der Waals surface area contributed by atoms with Gasteiger partial charge in [-0.1, -0.05) is 0 Å². The normalized spacial score (nSPS) is 18.4. The van der Waals surface area contributed by atoms with E-state index in [0.29, 0.717) is 24.3 Å². The number of aliphatic hydroxyl groups excluding tert-OH is 1. The van der Waals surface area contributed by atoms with Crippen LogP contribution in [0.3, 0.4) is 0 Å². The van der Waals surface area contributed by atoms with Crippen molar-refractivity contribution < 1.29 is 14.7 Å². The van der Waals surface area contributed by atoms with E-state index in [1.807, 2.05) is 0 Å². The second kappa shape index (κ2) is 7.17. The predicted octanol–water partition coefficient (Wildman–Crippen LogP) is 0.562. The van der Waals surface area contributed by atoms with E-state index in [1.54, 1.807) is 23.2 Å². The second-order valence-electron chi connectivity index (χ2n) is 5.39. The third-order valence-electron chi connectivity index (χ3n) is 3.65. The maximum atomic E-state index is 12.5. The first-order valence-electron chi connectivity index (χ1n) is 7.19. The van der Waals surface area contributed by atoms with E-state index < -0.39 is 0 Å². The van der Waals surface area contributed by atoms with Gasteiger partial charge in [0.1, 0.15) is 0 Å². The molecule has 0 saturated carbocycles. The van der Waals surface area contributed by atoms with Crippen LogP contribution in [0.1, 0.15) is 35.8 Å². The number of likely N-dealkylation sites (tertiary alicyclic amines) is 1. The van der Waals surface area contributed by atoms with Gasteiger partial charge >= 0.3 is 0 Å². The number of carbonyl (C=O) groups is 2. The van der Waals surface area contributed by atoms with Gasteiger partial charge in [0.15, 0.2) is 0 Å². The molecule has 1 atom stereocenters. The number of aliphatic hydroxyl groups is 1. The highest BCUT2D eigenvalue weighted by molar-refractivity contribution is 5.94. The Bertz CT molecular complexity index is 519. The van der Waals surface area contributed by atoms with Gasteiger partial charge in [0.2, 0.25) is 5.91 Å². The molecule has 114 valence electrons. The Balaban J connectivity index is 2.04. The summed E-state index contributed by atoms with van der Waals surface area (Å²) in [6, 6.07) is 3.39. The quantitative estimate of drug-likeness (QED) is 0.849. The highest BCUT2D eigenvalue weighted by atomic mass is 16.3. The van der Waals surface area contributed by atoms with E-state index in [1.165, 1.54) is 6.92 Å². The van der Waals surface area contributed by atoms with Crippen molar-refractivity contribution in [3.63, 3.8) is 0 Å². The van der Waals surface area contributed by atoms with Crippen LogP contribution >= 0.6 is 0 Å². The van der Waals surface area contributed by atoms with Gasteiger partial charge < -0.3 is 15.3 Å². The molecule has 1 unspecified atom stereocenters. The number of hydrogen-bond donors (Lipinski definition) is 2. The molecule has 6 heteroatoms. The zero-order chi connectivity index (χ0) is 15.2. The van der Waals surface area contributed by atoms with Crippen molar-refractivity contribution >= 4 is 11.8 Å². The minimum atomic E-state index is -0.129. The van der Waals surface area contributed by atoms with Crippen LogP contribution in [-0.4, -0.2) is 46.5 Å². The van der Waals surface area contributed by atoms with Crippen molar-refractivity contribution in [2.45, 2.75) is 26.3 Å². The van der Waals surface area contributed by atoms with Crippen molar-refractivity contribution in [2.24, 2.45) is 5.92 Å². The number of nitrogens with zero attached hydrogens (tertiary/aromatic N) is 2. The third kappa shape index (κ3) is 4.26. The van der Waals surface area contributed by atoms with Gasteiger partial charge in [0, 0.05) is 38.4 Å². The SMILES string of the molecule is CC(=O)NCc1cc(C(=O)N2CCCC(CO)C2)ccn1. The molecule has 1 aromatic rings. The van der Waals surface area contributed by atoms with Crippen LogP contribution in [-0.2, 0) is 11.3 Å². The van der Waals surface area contributed by atoms with Crippen molar-refractivity contribution in [3.05, 3.63) is 29.6 Å². The van der Waals surface area contributed by atoms with Gasteiger partial charge in [-0.2, -0.15) is 0 Å². The van der Waals surface area contributed by atoms with Crippen LogP contribution in [0.25, 0.3) is 0 Å². The number of piperidine rings is 1. The number of aromatic nitrogens is 1. The summed E-state index contributed by atoms with van der Waals surface area (Å²) in [4.78, 5) is 29.3. The van der Waals surface area contributed by atoms with Crippen LogP contribution in [0.15, 0.2) is 18.3 Å². The summed E-state index contributed by atoms with van der Waals surface area (Å²) in [5.74, 6) is -0.00152. The van der Waals surface area contributed by atoms with Crippen molar-refractivity contribution in [2.75, 3.05) is 19.7 Å². The lowest BCUT2D eigenvalue weighted by atomic mass is 9.98. The van der Waals surface area contributed by atoms with E-state index in [2.05, 4.69) is 10.3 Å². The minimum Gasteiger partial charge on any atom is -0.396 e. The van der Waals surface area contributed by atoms with Gasteiger partial charge in [0.05, 0.1) is 12.2 Å². The van der Waals surface area contributed by atoms with Gasteiger partial charge in [-0.05, 0) is 30.9 Å². The van der Waals surface area contributed by atoms with Gasteiger partial charge in [-0.3, -0.25) is 14.6 Å². The Kier molecular flexibility index (Phi) is 5.27. The Hall–Kier alpha value is -1.95. The fourth-order valence-electron chi connectivity index (χ4n) is 2.50. The molecule has 6 nitrogen and oxygen atoms in total. The molecule has 2 heterocycles. The summed E-state index contributed by atoms with van der Waals surface area (Å²) < 4.78 is 0. The molecule has 0 bridgehead atoms. The highest BCUT2D eigenvalue weighted by Gasteiger charge is 2.24. The van der Waals surface area contributed by atoms with Crippen LogP contribution in [0.5, 0.6) is 0 Å². The molecule has 2 N–H and O–H groups in total. The Morgan fingerprint density at radius 3 is 3.05 bits per heavy atom. The summed E-state index contributed by atoms with van der Waals surface area (Å²) >= 11 is 0. The molecule has 1 saturated heterocycles. The van der Waals surface area contributed by atoms with Crippen molar-refractivity contribution in [3.8, 4) is 0 Å². The second-order valence-corrected chi connectivity index (χ2v) is 5.39. The minimum absolute atomic E-state index is 0.0420. The summed E-state index contributed by atoms with van der Waals surface area (Å²) in [6.45, 7) is 3.19. The summed E-state index contributed by atoms with van der Waals surface area (Å²) in [5.41, 5.74) is 1.23. The zero-order valence-electron chi connectivity index (χ0n) is 12.2. The van der Waals surface area contributed by atoms with Gasteiger partial charge in [-0.15, -0.1) is 0 Å². The van der Waals surface area contributed by atoms with Crippen LogP contribution in [0, 0.1) is 5.92 Å². The fourth-order valence-corrected chi connectivity index (χ4v) is 2.50. The Morgan fingerprint density at radius 1 is 1.52 bits per heavy atom. The number of nitrogens with one attached hydrogen (secondary N) is 1. The Labute approximate surface area is 124 Å². The Morgan fingerprint density at radius 2 is 2.33 bits per heavy atom. The van der Waals surface area contributed by atoms with Crippen molar-refractivity contribution in [1.29, 1.82) is 0 Å². The molecule has 21 heavy (non-hydrogen) atoms. The first kappa shape index (κ1) is 15.4. The predicted molar refractivity (Wildman–Crippen MR) is 77.5 cm³/mol. The molecule has 0 aliphatic carbocycles. The van der Waals surface area contributed by atoms with E-state index in [9.17, 15) is 14.7 Å². The monoisotopic (exact) mass is 291 g/mol. The number of pyridine rings is 1. The van der Waals surface area contributed by atoms with Crippen LogP contribution < -0.4 is 5.32 Å². The van der Waals surface area contributed by atoms with Gasteiger partial charge in [0.25, 0.3) is 5.91 Å². The van der Waals surface area contributed by atoms with E-state index in [-0.39, 0.29) is 24.3 Å². The summed E-state index contributed by atoms with van der Waals surface area (Å²) in [7, 11) is 0. The smallest absolute Gasteiger partial charge is 0.253 e. The zero-order valence-corrected chi connectivity index (χ0v) is 12.2. The number of rotatable bonds is 4. The molecule has 1 aromatic heterocycles. The van der Waals surface area contributed by atoms with E-state index in [4.69, 9.17) is 0 Å². The summed E-state index contributed by atoms with van der Waals surface area (Å²) in [5, 5.41) is 11.9. The van der Waals surface area contributed by atoms with Crippen LogP contribution in [0.4, 0.5) is 0 Å². The largest absolute Gasteiger partial charge is 0.396 e. The van der Waals surface area contributed by atoms with Crippen molar-refractivity contribution in [1.82, 2.24) is 15.2 Å². The molecule has 1 aliphatic heterocycles. The molecular weight excluding hydrogens is 270 g/mol. The molecular formula is C15H21N3O3. The van der Waals surface area contributed by atoms with Gasteiger partial charge in [-0.25, -0.2) is 0 Å². The molecule has 0 radical (unpaired) electrons. The lowest BCUT2D eigenvalue weighted by molar-refractivity contribution is -0.119. The first-order valence-corrected chi connectivity index (χ1v) is 7.19. The lowest BCUT2D eigenvalue weighted by Gasteiger charge is -2.32. The topological polar surface area (TPSA) is 82.5 Å². The maximum absolute atomic E-state index is 12.5. The fraction of sp³-hybridized carbons (Fsp3) is 0.533. The van der Waals surface area contributed by atoms with E-state index in [0.717, 1.165) is 19.4 Å². The molecule has 0 aromatic carbocycles. The first-order chi connectivity index (χ1) is 10.1. The summed E-state index contributed by atoms with van der Waals surface area (Å²) in [6.07, 6.45) is 3.46. The average Bonchev–Trinajstić information content (AvgIpc) is 2.52.